The largest absolute Gasteiger partial charge is 0.507 e. The molecule has 0 aromatic heterocycles. The second-order valence-electron chi connectivity index (χ2n) is 10.1. The van der Waals surface area contributed by atoms with Crippen molar-refractivity contribution in [3.8, 4) is 5.75 Å². The molecule has 0 radical (unpaired) electrons. The van der Waals surface area contributed by atoms with Gasteiger partial charge in [0.25, 0.3) is 11.7 Å². The standard InChI is InChI=1S/C30H29FN2O5/c1-17(34)32-21-11-13-22(14-12-21)33-26(18-6-8-19(9-7-18)30(2,3)4)25(28(36)29(33)37)27(35)23-16-20(31)10-15-24(23)38-5/h6-16,26,35H,1-5H3,(H,32,34)/b27-25+. The van der Waals surface area contributed by atoms with Crippen LogP contribution in [0.5, 0.6) is 5.75 Å². The number of hydrogen-bond acceptors (Lipinski definition) is 5. The molecule has 8 heteroatoms. The Morgan fingerprint density at radius 2 is 1.63 bits per heavy atom. The van der Waals surface area contributed by atoms with Crippen molar-refractivity contribution in [1.82, 2.24) is 0 Å². The van der Waals surface area contributed by atoms with E-state index in [9.17, 15) is 23.9 Å². The summed E-state index contributed by atoms with van der Waals surface area (Å²) in [5.74, 6) is -3.04. The summed E-state index contributed by atoms with van der Waals surface area (Å²) >= 11 is 0. The SMILES string of the molecule is COc1ccc(F)cc1/C(O)=C1\C(=O)C(=O)N(c2ccc(NC(C)=O)cc2)C1c1ccc(C(C)(C)C)cc1. The van der Waals surface area contributed by atoms with Crippen LogP contribution in [0.2, 0.25) is 0 Å². The second-order valence-corrected chi connectivity index (χ2v) is 10.1. The van der Waals surface area contributed by atoms with E-state index in [1.807, 2.05) is 24.3 Å². The molecule has 1 atom stereocenters. The van der Waals surface area contributed by atoms with Gasteiger partial charge >= 0.3 is 0 Å². The molecule has 0 aliphatic carbocycles. The van der Waals surface area contributed by atoms with Crippen LogP contribution in [-0.4, -0.2) is 29.8 Å². The molecule has 3 aromatic rings. The molecule has 3 aromatic carbocycles. The number of carbonyl (C=O) groups excluding carboxylic acids is 3. The van der Waals surface area contributed by atoms with Gasteiger partial charge in [0.15, 0.2) is 0 Å². The summed E-state index contributed by atoms with van der Waals surface area (Å²) in [6.45, 7) is 7.59. The molecule has 0 spiro atoms. The number of nitrogens with one attached hydrogen (secondary N) is 1. The van der Waals surface area contributed by atoms with Gasteiger partial charge in [-0.25, -0.2) is 4.39 Å². The fraction of sp³-hybridized carbons (Fsp3) is 0.233. The van der Waals surface area contributed by atoms with Gasteiger partial charge in [-0.2, -0.15) is 0 Å². The molecule has 1 saturated heterocycles. The van der Waals surface area contributed by atoms with Crippen molar-refractivity contribution in [2.24, 2.45) is 0 Å². The van der Waals surface area contributed by atoms with Gasteiger partial charge in [0, 0.05) is 18.3 Å². The van der Waals surface area contributed by atoms with Crippen LogP contribution >= 0.6 is 0 Å². The highest BCUT2D eigenvalue weighted by atomic mass is 19.1. The first-order valence-electron chi connectivity index (χ1n) is 12.1. The van der Waals surface area contributed by atoms with Crippen molar-refractivity contribution >= 4 is 34.7 Å². The minimum Gasteiger partial charge on any atom is -0.507 e. The summed E-state index contributed by atoms with van der Waals surface area (Å²) in [6.07, 6.45) is 0. The lowest BCUT2D eigenvalue weighted by molar-refractivity contribution is -0.132. The molecule has 2 N–H and O–H groups in total. The number of anilines is 2. The van der Waals surface area contributed by atoms with Gasteiger partial charge in [0.2, 0.25) is 5.91 Å². The Hall–Kier alpha value is -4.46. The van der Waals surface area contributed by atoms with Gasteiger partial charge in [-0.05, 0) is 59.0 Å². The summed E-state index contributed by atoms with van der Waals surface area (Å²) in [6, 6.07) is 16.5. The smallest absolute Gasteiger partial charge is 0.300 e. The van der Waals surface area contributed by atoms with E-state index in [-0.39, 0.29) is 28.2 Å². The third-order valence-electron chi connectivity index (χ3n) is 6.42. The van der Waals surface area contributed by atoms with Gasteiger partial charge in [-0.15, -0.1) is 0 Å². The van der Waals surface area contributed by atoms with Gasteiger partial charge in [0.05, 0.1) is 24.3 Å². The zero-order valence-electron chi connectivity index (χ0n) is 21.8. The van der Waals surface area contributed by atoms with Crippen molar-refractivity contribution < 1.29 is 28.6 Å². The Morgan fingerprint density at radius 1 is 1.00 bits per heavy atom. The Bertz CT molecular complexity index is 1440. The molecule has 2 amide bonds. The first kappa shape index (κ1) is 26.6. The molecule has 0 saturated carbocycles. The number of aliphatic hydroxyl groups excluding tert-OH is 1. The van der Waals surface area contributed by atoms with Gasteiger partial charge in [-0.3, -0.25) is 19.3 Å². The van der Waals surface area contributed by atoms with Crippen LogP contribution in [0.3, 0.4) is 0 Å². The van der Waals surface area contributed by atoms with Crippen LogP contribution in [0.4, 0.5) is 15.8 Å². The van der Waals surface area contributed by atoms with Crippen molar-refractivity contribution in [1.29, 1.82) is 0 Å². The van der Waals surface area contributed by atoms with Crippen LogP contribution in [0.1, 0.15) is 50.4 Å². The van der Waals surface area contributed by atoms with Crippen molar-refractivity contribution in [2.75, 3.05) is 17.3 Å². The van der Waals surface area contributed by atoms with Crippen LogP contribution in [0, 0.1) is 5.82 Å². The normalized spacial score (nSPS) is 17.0. The third-order valence-corrected chi connectivity index (χ3v) is 6.42. The molecular formula is C30H29FN2O5. The number of benzene rings is 3. The zero-order valence-corrected chi connectivity index (χ0v) is 21.8. The predicted octanol–water partition coefficient (Wildman–Crippen LogP) is 5.72. The van der Waals surface area contributed by atoms with Crippen LogP contribution in [-0.2, 0) is 19.8 Å². The molecule has 1 heterocycles. The zero-order chi connectivity index (χ0) is 27.8. The van der Waals surface area contributed by atoms with Gasteiger partial charge < -0.3 is 15.2 Å². The minimum atomic E-state index is -0.997. The maximum Gasteiger partial charge on any atom is 0.300 e. The third kappa shape index (κ3) is 5.02. The molecule has 1 unspecified atom stereocenters. The fourth-order valence-corrected chi connectivity index (χ4v) is 4.50. The molecule has 1 aliphatic heterocycles. The van der Waals surface area contributed by atoms with E-state index in [0.717, 1.165) is 11.6 Å². The first-order chi connectivity index (χ1) is 17.9. The second kappa shape index (κ2) is 10.1. The number of methoxy groups -OCH3 is 1. The highest BCUT2D eigenvalue weighted by Crippen LogP contribution is 2.44. The number of Topliss-reactive ketones (excluding diaryl/α,β-unsaturated/α-hetero) is 1. The van der Waals surface area contributed by atoms with Crippen molar-refractivity contribution in [3.63, 3.8) is 0 Å². The number of rotatable bonds is 5. The maximum atomic E-state index is 14.2. The Morgan fingerprint density at radius 3 is 2.18 bits per heavy atom. The number of amides is 2. The summed E-state index contributed by atoms with van der Waals surface area (Å²) in [7, 11) is 1.36. The first-order valence-corrected chi connectivity index (χ1v) is 12.1. The highest BCUT2D eigenvalue weighted by molar-refractivity contribution is 6.51. The maximum absolute atomic E-state index is 14.2. The van der Waals surface area contributed by atoms with E-state index in [0.29, 0.717) is 16.9 Å². The number of halogens is 1. The van der Waals surface area contributed by atoms with Gasteiger partial charge in [-0.1, -0.05) is 45.0 Å². The average Bonchev–Trinajstić information content (AvgIpc) is 3.13. The molecule has 1 aliphatic rings. The number of carbonyl (C=O) groups is 3. The van der Waals surface area contributed by atoms with E-state index < -0.39 is 29.3 Å². The lowest BCUT2D eigenvalue weighted by Crippen LogP contribution is -2.29. The average molecular weight is 517 g/mol. The number of hydrogen-bond donors (Lipinski definition) is 2. The van der Waals surface area contributed by atoms with Crippen LogP contribution < -0.4 is 15.0 Å². The topological polar surface area (TPSA) is 95.9 Å². The number of ketones is 1. The number of nitrogens with zero attached hydrogens (tertiary/aromatic N) is 1. The summed E-state index contributed by atoms with van der Waals surface area (Å²) in [5.41, 5.74) is 2.18. The Balaban J connectivity index is 1.92. The summed E-state index contributed by atoms with van der Waals surface area (Å²) < 4.78 is 19.5. The van der Waals surface area contributed by atoms with E-state index in [1.165, 1.54) is 31.1 Å². The molecule has 7 nitrogen and oxygen atoms in total. The summed E-state index contributed by atoms with van der Waals surface area (Å²) in [4.78, 5) is 39.5. The Labute approximate surface area is 220 Å². The molecule has 0 bridgehead atoms. The van der Waals surface area contributed by atoms with Crippen LogP contribution in [0.15, 0.2) is 72.3 Å². The minimum absolute atomic E-state index is 0.0391. The predicted molar refractivity (Wildman–Crippen MR) is 144 cm³/mol. The quantitative estimate of drug-likeness (QED) is 0.257. The summed E-state index contributed by atoms with van der Waals surface area (Å²) in [5, 5.41) is 14.0. The number of aliphatic hydroxyl groups is 1. The molecule has 1 fully saturated rings. The van der Waals surface area contributed by atoms with Crippen LogP contribution in [0.25, 0.3) is 5.76 Å². The van der Waals surface area contributed by atoms with Crippen molar-refractivity contribution in [2.45, 2.75) is 39.2 Å². The molecule has 196 valence electrons. The van der Waals surface area contributed by atoms with Crippen molar-refractivity contribution in [3.05, 3.63) is 94.8 Å². The van der Waals surface area contributed by atoms with E-state index >= 15 is 0 Å². The van der Waals surface area contributed by atoms with Gasteiger partial charge in [0.1, 0.15) is 17.3 Å². The lowest BCUT2D eigenvalue weighted by Gasteiger charge is -2.27. The monoisotopic (exact) mass is 516 g/mol. The van der Waals surface area contributed by atoms with E-state index in [4.69, 9.17) is 4.74 Å². The molecular weight excluding hydrogens is 487 g/mol. The fourth-order valence-electron chi connectivity index (χ4n) is 4.50. The van der Waals surface area contributed by atoms with E-state index in [2.05, 4.69) is 26.1 Å². The number of ether oxygens (including phenoxy) is 1. The van der Waals surface area contributed by atoms with E-state index in [1.54, 1.807) is 24.3 Å². The Kier molecular flexibility index (Phi) is 7.09. The lowest BCUT2D eigenvalue weighted by atomic mass is 9.85. The highest BCUT2D eigenvalue weighted by Gasteiger charge is 2.47. The molecule has 4 rings (SSSR count). The molecule has 38 heavy (non-hydrogen) atoms.